The van der Waals surface area contributed by atoms with Crippen LogP contribution in [0.3, 0.4) is 0 Å². The van der Waals surface area contributed by atoms with E-state index in [2.05, 4.69) is 25.9 Å². The summed E-state index contributed by atoms with van der Waals surface area (Å²) in [5.41, 5.74) is 2.99. The molecule has 0 amide bonds. The van der Waals surface area contributed by atoms with Gasteiger partial charge in [-0.2, -0.15) is 5.10 Å². The minimum absolute atomic E-state index is 0.0138. The van der Waals surface area contributed by atoms with Crippen LogP contribution in [-0.2, 0) is 6.54 Å². The van der Waals surface area contributed by atoms with Gasteiger partial charge < -0.3 is 9.30 Å². The van der Waals surface area contributed by atoms with Crippen molar-refractivity contribution in [1.82, 2.24) is 14.3 Å². The Morgan fingerprint density at radius 2 is 1.81 bits per heavy atom. The maximum atomic E-state index is 11.9. The first-order valence-electron chi connectivity index (χ1n) is 9.13. The molecule has 1 aromatic carbocycles. The number of rotatable bonds is 7. The van der Waals surface area contributed by atoms with E-state index in [1.54, 1.807) is 21.4 Å². The van der Waals surface area contributed by atoms with E-state index in [4.69, 9.17) is 4.74 Å². The van der Waals surface area contributed by atoms with Crippen LogP contribution in [-0.4, -0.2) is 20.5 Å². The van der Waals surface area contributed by atoms with E-state index in [9.17, 15) is 4.79 Å². The lowest BCUT2D eigenvalue weighted by atomic mass is 10.1. The zero-order chi connectivity index (χ0) is 18.5. The van der Waals surface area contributed by atoms with Gasteiger partial charge in [0.25, 0.3) is 5.56 Å². The van der Waals surface area contributed by atoms with E-state index in [0.29, 0.717) is 6.54 Å². The number of aryl methyl sites for hydroxylation is 1. The molecule has 0 saturated carbocycles. The fourth-order valence-electron chi connectivity index (χ4n) is 2.72. The fourth-order valence-corrected chi connectivity index (χ4v) is 2.72. The highest BCUT2D eigenvalue weighted by atomic mass is 16.5. The van der Waals surface area contributed by atoms with Crippen molar-refractivity contribution in [3.8, 4) is 22.6 Å². The van der Waals surface area contributed by atoms with E-state index in [1.807, 2.05) is 42.9 Å². The van der Waals surface area contributed by atoms with Crippen molar-refractivity contribution >= 4 is 0 Å². The van der Waals surface area contributed by atoms with Crippen molar-refractivity contribution in [2.24, 2.45) is 0 Å². The van der Waals surface area contributed by atoms with Gasteiger partial charge in [-0.15, -0.1) is 0 Å². The van der Waals surface area contributed by atoms with Crippen molar-refractivity contribution in [3.05, 3.63) is 65.3 Å². The van der Waals surface area contributed by atoms with Crippen LogP contribution < -0.4 is 10.3 Å². The number of benzene rings is 1. The normalized spacial score (nSPS) is 12.1. The summed E-state index contributed by atoms with van der Waals surface area (Å²) in [5, 5.41) is 4.45. The fraction of sp³-hybridized carbons (Fsp3) is 0.333. The van der Waals surface area contributed by atoms with Gasteiger partial charge in [0.05, 0.1) is 18.0 Å². The van der Waals surface area contributed by atoms with E-state index >= 15 is 0 Å². The number of hydrogen-bond acceptors (Lipinski definition) is 3. The van der Waals surface area contributed by atoms with Crippen molar-refractivity contribution in [2.45, 2.75) is 46.3 Å². The second-order valence-corrected chi connectivity index (χ2v) is 6.45. The molecule has 0 N–H and O–H groups in total. The van der Waals surface area contributed by atoms with Crippen molar-refractivity contribution < 1.29 is 4.74 Å². The average molecular weight is 351 g/mol. The summed E-state index contributed by atoms with van der Waals surface area (Å²) < 4.78 is 9.34. The van der Waals surface area contributed by atoms with Crippen LogP contribution in [0.25, 0.3) is 16.8 Å². The highest BCUT2D eigenvalue weighted by molar-refractivity contribution is 5.63. The highest BCUT2D eigenvalue weighted by Crippen LogP contribution is 2.23. The molecule has 0 radical (unpaired) electrons. The van der Waals surface area contributed by atoms with Gasteiger partial charge in [-0.1, -0.05) is 26.0 Å². The molecule has 3 aromatic rings. The molecular formula is C21H25N3O2. The Morgan fingerprint density at radius 3 is 2.50 bits per heavy atom. The van der Waals surface area contributed by atoms with Crippen molar-refractivity contribution in [2.75, 3.05) is 0 Å². The lowest BCUT2D eigenvalue weighted by Crippen LogP contribution is -2.19. The van der Waals surface area contributed by atoms with Crippen molar-refractivity contribution in [1.29, 1.82) is 0 Å². The number of hydrogen-bond donors (Lipinski definition) is 0. The Bertz CT molecular complexity index is 910. The van der Waals surface area contributed by atoms with Gasteiger partial charge in [-0.25, -0.2) is 4.68 Å². The Kier molecular flexibility index (Phi) is 5.56. The summed E-state index contributed by atoms with van der Waals surface area (Å²) in [5.74, 6) is 0.877. The SMILES string of the molecule is CCCn1cc(-n2cc(-c3ccc(O[C@H](C)CC)cc3)cn2)ccc1=O. The summed E-state index contributed by atoms with van der Waals surface area (Å²) in [6.07, 6.45) is 7.77. The zero-order valence-electron chi connectivity index (χ0n) is 15.6. The van der Waals surface area contributed by atoms with E-state index in [1.165, 1.54) is 0 Å². The predicted molar refractivity (Wildman–Crippen MR) is 104 cm³/mol. The smallest absolute Gasteiger partial charge is 0.250 e. The Morgan fingerprint density at radius 1 is 1.04 bits per heavy atom. The van der Waals surface area contributed by atoms with Gasteiger partial charge in [0.15, 0.2) is 0 Å². The van der Waals surface area contributed by atoms with Crippen LogP contribution in [0.5, 0.6) is 5.75 Å². The third-order valence-electron chi connectivity index (χ3n) is 4.38. The van der Waals surface area contributed by atoms with Crippen LogP contribution >= 0.6 is 0 Å². The molecule has 0 spiro atoms. The summed E-state index contributed by atoms with van der Waals surface area (Å²) in [4.78, 5) is 11.9. The largest absolute Gasteiger partial charge is 0.491 e. The van der Waals surface area contributed by atoms with E-state index in [0.717, 1.165) is 35.4 Å². The van der Waals surface area contributed by atoms with Crippen LogP contribution in [0, 0.1) is 0 Å². The van der Waals surface area contributed by atoms with Gasteiger partial charge >= 0.3 is 0 Å². The Hall–Kier alpha value is -2.82. The number of pyridine rings is 1. The van der Waals surface area contributed by atoms with E-state index in [-0.39, 0.29) is 11.7 Å². The van der Waals surface area contributed by atoms with Crippen LogP contribution in [0.4, 0.5) is 0 Å². The monoisotopic (exact) mass is 351 g/mol. The predicted octanol–water partition coefficient (Wildman–Crippen LogP) is 4.29. The van der Waals surface area contributed by atoms with Gasteiger partial charge in [0, 0.05) is 30.6 Å². The second kappa shape index (κ2) is 8.04. The standard InChI is InChI=1S/C21H25N3O2/c1-4-12-23-15-19(8-11-21(23)25)24-14-18(13-22-24)17-6-9-20(10-7-17)26-16(3)5-2/h6-11,13-16H,4-5,12H2,1-3H3/t16-/m1/s1. The second-order valence-electron chi connectivity index (χ2n) is 6.45. The molecule has 136 valence electrons. The summed E-state index contributed by atoms with van der Waals surface area (Å²) in [7, 11) is 0. The maximum absolute atomic E-state index is 11.9. The maximum Gasteiger partial charge on any atom is 0.250 e. The third kappa shape index (κ3) is 4.04. The third-order valence-corrected chi connectivity index (χ3v) is 4.38. The lowest BCUT2D eigenvalue weighted by Gasteiger charge is -2.12. The average Bonchev–Trinajstić information content (AvgIpc) is 3.14. The van der Waals surface area contributed by atoms with Crippen LogP contribution in [0.2, 0.25) is 0 Å². The first kappa shape index (κ1) is 18.0. The lowest BCUT2D eigenvalue weighted by molar-refractivity contribution is 0.217. The number of aromatic nitrogens is 3. The summed E-state index contributed by atoms with van der Waals surface area (Å²) in [6, 6.07) is 11.4. The molecule has 0 fully saturated rings. The van der Waals surface area contributed by atoms with Gasteiger partial charge in [-0.05, 0) is 43.5 Å². The molecule has 0 aliphatic carbocycles. The minimum Gasteiger partial charge on any atom is -0.491 e. The molecule has 0 bridgehead atoms. The van der Waals surface area contributed by atoms with Gasteiger partial charge in [0.1, 0.15) is 5.75 Å². The molecule has 2 heterocycles. The number of nitrogens with zero attached hydrogens (tertiary/aromatic N) is 3. The molecule has 0 aliphatic rings. The highest BCUT2D eigenvalue weighted by Gasteiger charge is 2.06. The molecule has 0 saturated heterocycles. The molecule has 26 heavy (non-hydrogen) atoms. The first-order chi connectivity index (χ1) is 12.6. The Balaban J connectivity index is 1.81. The number of ether oxygens (including phenoxy) is 1. The van der Waals surface area contributed by atoms with Crippen LogP contribution in [0.15, 0.2) is 59.8 Å². The zero-order valence-corrected chi connectivity index (χ0v) is 15.6. The molecular weight excluding hydrogens is 326 g/mol. The molecule has 5 nitrogen and oxygen atoms in total. The molecule has 0 aliphatic heterocycles. The molecule has 5 heteroatoms. The Labute approximate surface area is 153 Å². The van der Waals surface area contributed by atoms with Gasteiger partial charge in [-0.3, -0.25) is 4.79 Å². The van der Waals surface area contributed by atoms with Gasteiger partial charge in [0.2, 0.25) is 0 Å². The first-order valence-corrected chi connectivity index (χ1v) is 9.13. The molecule has 3 rings (SSSR count). The molecule has 0 unspecified atom stereocenters. The quantitative estimate of drug-likeness (QED) is 0.638. The van der Waals surface area contributed by atoms with E-state index < -0.39 is 0 Å². The topological polar surface area (TPSA) is 49.0 Å². The summed E-state index contributed by atoms with van der Waals surface area (Å²) >= 11 is 0. The molecule has 1 atom stereocenters. The van der Waals surface area contributed by atoms with Crippen molar-refractivity contribution in [3.63, 3.8) is 0 Å². The summed E-state index contributed by atoms with van der Waals surface area (Å²) in [6.45, 7) is 6.94. The molecule has 2 aromatic heterocycles. The van der Waals surface area contributed by atoms with Crippen LogP contribution in [0.1, 0.15) is 33.6 Å². The minimum atomic E-state index is 0.0138.